The van der Waals surface area contributed by atoms with E-state index in [0.717, 1.165) is 38.7 Å². The van der Waals surface area contributed by atoms with E-state index >= 15 is 0 Å². The molecule has 7 rings (SSSR count). The molecule has 0 unspecified atom stereocenters. The summed E-state index contributed by atoms with van der Waals surface area (Å²) in [5.41, 5.74) is 1.84. The summed E-state index contributed by atoms with van der Waals surface area (Å²) < 4.78 is 6.34. The molecule has 1 saturated heterocycles. The number of rotatable bonds is 5. The second-order valence-corrected chi connectivity index (χ2v) is 9.86. The normalized spacial score (nSPS) is 24.5. The molecule has 4 aromatic rings. The van der Waals surface area contributed by atoms with Crippen LogP contribution in [0.3, 0.4) is 0 Å². The van der Waals surface area contributed by atoms with Gasteiger partial charge in [0, 0.05) is 5.56 Å². The fourth-order valence-corrected chi connectivity index (χ4v) is 6.22. The third-order valence-corrected chi connectivity index (χ3v) is 7.94. The van der Waals surface area contributed by atoms with Crippen LogP contribution in [0, 0.1) is 23.7 Å². The van der Waals surface area contributed by atoms with Crippen molar-refractivity contribution in [1.82, 2.24) is 5.01 Å². The van der Waals surface area contributed by atoms with Crippen LogP contribution in [0.4, 0.5) is 0 Å². The summed E-state index contributed by atoms with van der Waals surface area (Å²) in [6, 6.07) is 26.4. The van der Waals surface area contributed by atoms with Gasteiger partial charge in [0.2, 0.25) is 0 Å². The second kappa shape index (κ2) is 8.16. The molecule has 2 aliphatic carbocycles. The van der Waals surface area contributed by atoms with Crippen molar-refractivity contribution in [3.8, 4) is 5.75 Å². The molecule has 0 radical (unpaired) electrons. The number of fused-ring (bicyclic) bond motifs is 7. The van der Waals surface area contributed by atoms with E-state index in [1.54, 1.807) is 6.21 Å². The van der Waals surface area contributed by atoms with Crippen molar-refractivity contribution in [2.75, 3.05) is 0 Å². The van der Waals surface area contributed by atoms with Crippen LogP contribution in [0.15, 0.2) is 96.1 Å². The monoisotopic (exact) mass is 472 g/mol. The van der Waals surface area contributed by atoms with Gasteiger partial charge in [-0.3, -0.25) is 9.59 Å². The van der Waals surface area contributed by atoms with Crippen molar-refractivity contribution in [1.29, 1.82) is 0 Å². The van der Waals surface area contributed by atoms with Crippen LogP contribution < -0.4 is 4.74 Å². The minimum Gasteiger partial charge on any atom is -0.488 e. The van der Waals surface area contributed by atoms with Crippen LogP contribution in [-0.2, 0) is 16.2 Å². The molecule has 0 N–H and O–H groups in total. The van der Waals surface area contributed by atoms with Crippen molar-refractivity contribution >= 4 is 39.6 Å². The number of ether oxygens (including phenoxy) is 1. The molecule has 0 spiro atoms. The maximum Gasteiger partial charge on any atom is 0.254 e. The molecule has 5 nitrogen and oxygen atoms in total. The highest BCUT2D eigenvalue weighted by Gasteiger charge is 2.59. The number of carbonyl (C=O) groups is 2. The van der Waals surface area contributed by atoms with Gasteiger partial charge in [-0.05, 0) is 51.4 Å². The first-order chi connectivity index (χ1) is 17.7. The molecule has 2 bridgehead atoms. The number of imide groups is 1. The van der Waals surface area contributed by atoms with Crippen LogP contribution in [-0.4, -0.2) is 23.0 Å². The van der Waals surface area contributed by atoms with Gasteiger partial charge >= 0.3 is 0 Å². The van der Waals surface area contributed by atoms with Crippen molar-refractivity contribution in [2.24, 2.45) is 28.8 Å². The van der Waals surface area contributed by atoms with E-state index in [9.17, 15) is 9.59 Å². The van der Waals surface area contributed by atoms with Gasteiger partial charge in [0.05, 0.1) is 18.1 Å². The Morgan fingerprint density at radius 3 is 2.17 bits per heavy atom. The molecular weight excluding hydrogens is 448 g/mol. The predicted octanol–water partition coefficient (Wildman–Crippen LogP) is 5.71. The van der Waals surface area contributed by atoms with Gasteiger partial charge < -0.3 is 4.74 Å². The van der Waals surface area contributed by atoms with E-state index in [4.69, 9.17) is 4.74 Å². The molecule has 5 heteroatoms. The first-order valence-electron chi connectivity index (χ1n) is 12.4. The molecule has 36 heavy (non-hydrogen) atoms. The maximum absolute atomic E-state index is 13.1. The minimum absolute atomic E-state index is 0.161. The second-order valence-electron chi connectivity index (χ2n) is 9.86. The number of nitrogens with zero attached hydrogens (tertiary/aromatic N) is 2. The average molecular weight is 473 g/mol. The lowest BCUT2D eigenvalue weighted by Gasteiger charge is -2.14. The highest BCUT2D eigenvalue weighted by atomic mass is 16.5. The molecule has 1 saturated carbocycles. The number of carbonyl (C=O) groups excluding carboxylic acids is 2. The van der Waals surface area contributed by atoms with E-state index in [-0.39, 0.29) is 35.5 Å². The first-order valence-corrected chi connectivity index (χ1v) is 12.4. The lowest BCUT2D eigenvalue weighted by atomic mass is 9.85. The summed E-state index contributed by atoms with van der Waals surface area (Å²) in [6.07, 6.45) is 6.70. The number of hydrazone groups is 1. The van der Waals surface area contributed by atoms with E-state index in [0.29, 0.717) is 12.4 Å². The minimum atomic E-state index is -0.265. The van der Waals surface area contributed by atoms with Crippen LogP contribution in [0.5, 0.6) is 5.75 Å². The zero-order valence-electron chi connectivity index (χ0n) is 19.6. The van der Waals surface area contributed by atoms with Gasteiger partial charge in [0.15, 0.2) is 0 Å². The largest absolute Gasteiger partial charge is 0.488 e. The summed E-state index contributed by atoms with van der Waals surface area (Å²) in [6.45, 7) is 0.390. The standard InChI is InChI=1S/C31H24N2O3/c34-30-28-21-12-13-22(16-21)29(28)31(35)33(30)32-17-26-25-11-4-2-7-20(25)14-15-27(26)36-18-23-9-5-8-19-6-1-3-10-24(19)23/h1-15,17,21-22,28-29H,16,18H2/t21-,22-,28-,29+/m0/s1. The van der Waals surface area contributed by atoms with Crippen LogP contribution in [0.25, 0.3) is 21.5 Å². The zero-order valence-corrected chi connectivity index (χ0v) is 19.6. The quantitative estimate of drug-likeness (QED) is 0.212. The predicted molar refractivity (Wildman–Crippen MR) is 139 cm³/mol. The summed E-state index contributed by atoms with van der Waals surface area (Å²) >= 11 is 0. The lowest BCUT2D eigenvalue weighted by Crippen LogP contribution is -2.28. The molecule has 176 valence electrons. The maximum atomic E-state index is 13.1. The van der Waals surface area contributed by atoms with Gasteiger partial charge in [0.1, 0.15) is 12.4 Å². The Hall–Kier alpha value is -4.25. The molecular formula is C31H24N2O3. The van der Waals surface area contributed by atoms with E-state index in [1.807, 2.05) is 54.6 Å². The fourth-order valence-electron chi connectivity index (χ4n) is 6.22. The SMILES string of the molecule is O=C1[C@@H]2[C@H](C(=O)N1N=Cc1c(OCc3cccc4ccccc34)ccc3ccccc13)[C@H]1C=C[C@H]2C1. The van der Waals surface area contributed by atoms with Crippen LogP contribution >= 0.6 is 0 Å². The summed E-state index contributed by atoms with van der Waals surface area (Å²) in [4.78, 5) is 26.2. The van der Waals surface area contributed by atoms with Gasteiger partial charge in [-0.2, -0.15) is 10.1 Å². The van der Waals surface area contributed by atoms with Gasteiger partial charge in [-0.1, -0.05) is 84.9 Å². The van der Waals surface area contributed by atoms with Gasteiger partial charge in [0.25, 0.3) is 11.8 Å². The Morgan fingerprint density at radius 2 is 1.42 bits per heavy atom. The number of amides is 2. The van der Waals surface area contributed by atoms with Crippen molar-refractivity contribution in [2.45, 2.75) is 13.0 Å². The number of allylic oxidation sites excluding steroid dienone is 2. The number of hydrogen-bond acceptors (Lipinski definition) is 4. The third-order valence-electron chi connectivity index (χ3n) is 7.94. The summed E-state index contributed by atoms with van der Waals surface area (Å²) in [5, 5.41) is 9.86. The molecule has 0 aromatic heterocycles. The smallest absolute Gasteiger partial charge is 0.254 e. The van der Waals surface area contributed by atoms with Gasteiger partial charge in [-0.15, -0.1) is 0 Å². The Kier molecular flexibility index (Phi) is 4.78. The van der Waals surface area contributed by atoms with E-state index in [1.165, 1.54) is 5.39 Å². The Balaban J connectivity index is 1.23. The highest BCUT2D eigenvalue weighted by Crippen LogP contribution is 2.52. The molecule has 2 amide bonds. The van der Waals surface area contributed by atoms with Crippen molar-refractivity contribution in [3.05, 3.63) is 102 Å². The van der Waals surface area contributed by atoms with Crippen molar-refractivity contribution < 1.29 is 14.3 Å². The van der Waals surface area contributed by atoms with Crippen molar-refractivity contribution in [3.63, 3.8) is 0 Å². The summed E-state index contributed by atoms with van der Waals surface area (Å²) in [7, 11) is 0. The molecule has 1 heterocycles. The first kappa shape index (κ1) is 21.1. The highest BCUT2D eigenvalue weighted by molar-refractivity contribution is 6.08. The van der Waals surface area contributed by atoms with Crippen LogP contribution in [0.2, 0.25) is 0 Å². The Labute approximate surface area is 208 Å². The van der Waals surface area contributed by atoms with Gasteiger partial charge in [-0.25, -0.2) is 0 Å². The fraction of sp³-hybridized carbons (Fsp3) is 0.194. The third kappa shape index (κ3) is 3.19. The molecule has 1 aliphatic heterocycles. The summed E-state index contributed by atoms with van der Waals surface area (Å²) in [5.74, 6) is 0.0839. The Morgan fingerprint density at radius 1 is 0.778 bits per heavy atom. The number of benzene rings is 4. The number of hydrogen-bond donors (Lipinski definition) is 0. The zero-order chi connectivity index (χ0) is 24.2. The Bertz CT molecular complexity index is 1570. The topological polar surface area (TPSA) is 59.0 Å². The lowest BCUT2D eigenvalue weighted by molar-refractivity contribution is -0.140. The average Bonchev–Trinajstić information content (AvgIpc) is 3.60. The van der Waals surface area contributed by atoms with Crippen LogP contribution in [0.1, 0.15) is 17.5 Å². The molecule has 2 fully saturated rings. The van der Waals surface area contributed by atoms with E-state index in [2.05, 4.69) is 41.5 Å². The van der Waals surface area contributed by atoms with E-state index < -0.39 is 0 Å². The molecule has 4 atom stereocenters. The molecule has 4 aromatic carbocycles. The molecule has 3 aliphatic rings.